The van der Waals surface area contributed by atoms with Crippen LogP contribution in [0.2, 0.25) is 5.02 Å². The number of hydrogen-bond acceptors (Lipinski definition) is 4. The molecule has 3 N–H and O–H groups in total. The predicted molar refractivity (Wildman–Crippen MR) is 109 cm³/mol. The van der Waals surface area contributed by atoms with E-state index in [1.165, 1.54) is 24.3 Å². The number of nitrogens with two attached hydrogens (primary N) is 1. The van der Waals surface area contributed by atoms with Crippen molar-refractivity contribution in [2.75, 3.05) is 0 Å². The number of nitrogens with zero attached hydrogens (tertiary/aromatic N) is 1. The lowest BCUT2D eigenvalue weighted by Gasteiger charge is -2.30. The van der Waals surface area contributed by atoms with Crippen molar-refractivity contribution in [2.24, 2.45) is 11.7 Å². The number of carbonyl (C=O) groups is 1. The predicted octanol–water partition coefficient (Wildman–Crippen LogP) is 2.92. The Morgan fingerprint density at radius 1 is 1.07 bits per heavy atom. The molecule has 0 fully saturated rings. The van der Waals surface area contributed by atoms with Crippen molar-refractivity contribution >= 4 is 27.5 Å². The highest BCUT2D eigenvalue weighted by atomic mass is 35.5. The summed E-state index contributed by atoms with van der Waals surface area (Å²) >= 11 is 5.88. The third kappa shape index (κ3) is 5.54. The second kappa shape index (κ2) is 9.52. The number of primary amides is 1. The first-order chi connectivity index (χ1) is 13.1. The zero-order valence-corrected chi connectivity index (χ0v) is 17.4. The number of hydrogen-bond donors (Lipinski definition) is 2. The summed E-state index contributed by atoms with van der Waals surface area (Å²) in [6.45, 7) is 3.68. The number of benzene rings is 2. The topological polar surface area (TPSA) is 101 Å². The summed E-state index contributed by atoms with van der Waals surface area (Å²) in [5, 5.41) is 9.61. The maximum absolute atomic E-state index is 13.3. The molecule has 0 heterocycles. The molecule has 0 aromatic heterocycles. The molecule has 6 nitrogen and oxygen atoms in total. The highest BCUT2D eigenvalue weighted by Gasteiger charge is 2.35. The van der Waals surface area contributed by atoms with Gasteiger partial charge in [-0.1, -0.05) is 49.7 Å². The molecule has 2 aromatic rings. The van der Waals surface area contributed by atoms with Crippen LogP contribution in [0.4, 0.5) is 0 Å². The number of aliphatic hydroxyl groups is 1. The van der Waals surface area contributed by atoms with Gasteiger partial charge in [0.25, 0.3) is 0 Å². The summed E-state index contributed by atoms with van der Waals surface area (Å²) < 4.78 is 27.8. The van der Waals surface area contributed by atoms with Gasteiger partial charge in [0.05, 0.1) is 11.5 Å². The third-order valence-corrected chi connectivity index (χ3v) is 6.46. The number of rotatable bonds is 9. The van der Waals surface area contributed by atoms with E-state index >= 15 is 0 Å². The van der Waals surface area contributed by atoms with E-state index in [-0.39, 0.29) is 24.0 Å². The molecular formula is C20H25ClN2O4S. The fourth-order valence-electron chi connectivity index (χ4n) is 2.86. The van der Waals surface area contributed by atoms with Crippen molar-refractivity contribution in [1.29, 1.82) is 0 Å². The van der Waals surface area contributed by atoms with Gasteiger partial charge in [-0.05, 0) is 47.7 Å². The van der Waals surface area contributed by atoms with Crippen molar-refractivity contribution in [1.82, 2.24) is 4.31 Å². The molecule has 1 atom stereocenters. The Kier molecular flexibility index (Phi) is 7.60. The van der Waals surface area contributed by atoms with Crippen LogP contribution in [0.25, 0.3) is 0 Å². The van der Waals surface area contributed by atoms with E-state index in [1.54, 1.807) is 24.3 Å². The number of aliphatic hydroxyl groups excluding tert-OH is 1. The molecule has 0 aliphatic rings. The molecule has 2 aromatic carbocycles. The molecule has 0 bridgehead atoms. The largest absolute Gasteiger partial charge is 0.392 e. The second-order valence-corrected chi connectivity index (χ2v) is 9.35. The minimum atomic E-state index is -4.00. The molecule has 2 rings (SSSR count). The Morgan fingerprint density at radius 3 is 2.07 bits per heavy atom. The van der Waals surface area contributed by atoms with Gasteiger partial charge >= 0.3 is 0 Å². The lowest BCUT2D eigenvalue weighted by molar-refractivity contribution is -0.122. The number of sulfonamides is 1. The van der Waals surface area contributed by atoms with E-state index in [1.807, 2.05) is 13.8 Å². The van der Waals surface area contributed by atoms with Crippen molar-refractivity contribution < 1.29 is 18.3 Å². The van der Waals surface area contributed by atoms with Crippen LogP contribution in [0.1, 0.15) is 31.4 Å². The SMILES string of the molecule is CC(C)C[C@@H](C(N)=O)N(Cc1ccc(CO)cc1)S(=O)(=O)c1ccc(Cl)cc1. The van der Waals surface area contributed by atoms with Crippen LogP contribution >= 0.6 is 11.6 Å². The highest BCUT2D eigenvalue weighted by Crippen LogP contribution is 2.25. The van der Waals surface area contributed by atoms with E-state index in [0.717, 1.165) is 4.31 Å². The van der Waals surface area contributed by atoms with Crippen LogP contribution in [-0.4, -0.2) is 29.8 Å². The maximum Gasteiger partial charge on any atom is 0.244 e. The van der Waals surface area contributed by atoms with Gasteiger partial charge in [0.1, 0.15) is 6.04 Å². The van der Waals surface area contributed by atoms with Crippen molar-refractivity contribution in [2.45, 2.75) is 44.4 Å². The second-order valence-electron chi connectivity index (χ2n) is 7.03. The van der Waals surface area contributed by atoms with Crippen LogP contribution in [0.15, 0.2) is 53.4 Å². The molecule has 0 aliphatic carbocycles. The first-order valence-corrected chi connectivity index (χ1v) is 10.7. The van der Waals surface area contributed by atoms with E-state index in [0.29, 0.717) is 22.6 Å². The summed E-state index contributed by atoms with van der Waals surface area (Å²) in [7, 11) is -4.00. The molecule has 28 heavy (non-hydrogen) atoms. The van der Waals surface area contributed by atoms with Gasteiger partial charge < -0.3 is 10.8 Å². The summed E-state index contributed by atoms with van der Waals surface area (Å²) in [6.07, 6.45) is 0.302. The van der Waals surface area contributed by atoms with Crippen LogP contribution in [0.3, 0.4) is 0 Å². The van der Waals surface area contributed by atoms with Crippen LogP contribution < -0.4 is 5.73 Å². The molecule has 0 spiro atoms. The zero-order valence-electron chi connectivity index (χ0n) is 15.9. The Balaban J connectivity index is 2.49. The van der Waals surface area contributed by atoms with Gasteiger partial charge in [-0.3, -0.25) is 4.79 Å². The normalized spacial score (nSPS) is 13.1. The molecule has 0 aliphatic heterocycles. The van der Waals surface area contributed by atoms with E-state index in [2.05, 4.69) is 0 Å². The van der Waals surface area contributed by atoms with Crippen LogP contribution in [0, 0.1) is 5.92 Å². The van der Waals surface area contributed by atoms with E-state index in [4.69, 9.17) is 17.3 Å². The summed E-state index contributed by atoms with van der Waals surface area (Å²) in [6, 6.07) is 11.7. The Labute approximate surface area is 171 Å². The number of carbonyl (C=O) groups excluding carboxylic acids is 1. The van der Waals surface area contributed by atoms with Gasteiger partial charge in [0.15, 0.2) is 0 Å². The summed E-state index contributed by atoms with van der Waals surface area (Å²) in [5.74, 6) is -0.629. The molecule has 152 valence electrons. The van der Waals surface area contributed by atoms with E-state index < -0.39 is 22.0 Å². The Bertz CT molecular complexity index is 897. The molecule has 0 saturated heterocycles. The monoisotopic (exact) mass is 424 g/mol. The number of amides is 1. The smallest absolute Gasteiger partial charge is 0.244 e. The minimum absolute atomic E-state index is 0.0169. The fraction of sp³-hybridized carbons (Fsp3) is 0.350. The average Bonchev–Trinajstić information content (AvgIpc) is 2.65. The molecular weight excluding hydrogens is 400 g/mol. The van der Waals surface area contributed by atoms with Gasteiger partial charge in [0.2, 0.25) is 15.9 Å². The molecule has 0 radical (unpaired) electrons. The Morgan fingerprint density at radius 2 is 1.61 bits per heavy atom. The molecule has 8 heteroatoms. The summed E-state index contributed by atoms with van der Waals surface area (Å²) in [4.78, 5) is 12.2. The van der Waals surface area contributed by atoms with Crippen molar-refractivity contribution in [3.05, 3.63) is 64.7 Å². The van der Waals surface area contributed by atoms with Crippen molar-refractivity contribution in [3.8, 4) is 0 Å². The fourth-order valence-corrected chi connectivity index (χ4v) is 4.58. The standard InChI is InChI=1S/C20H25ClN2O4S/c1-14(2)11-19(20(22)25)23(12-15-3-5-16(13-24)6-4-15)28(26,27)18-9-7-17(21)8-10-18/h3-10,14,19,24H,11-13H2,1-2H3,(H2,22,25)/t19-/m0/s1. The zero-order chi connectivity index (χ0) is 20.9. The lowest BCUT2D eigenvalue weighted by Crippen LogP contribution is -2.48. The van der Waals surface area contributed by atoms with Crippen LogP contribution in [0.5, 0.6) is 0 Å². The lowest BCUT2D eigenvalue weighted by atomic mass is 10.0. The van der Waals surface area contributed by atoms with Gasteiger partial charge in [0, 0.05) is 11.6 Å². The van der Waals surface area contributed by atoms with Crippen LogP contribution in [-0.2, 0) is 28.0 Å². The molecule has 0 saturated carbocycles. The Hall–Kier alpha value is -1.93. The first kappa shape index (κ1) is 22.4. The average molecular weight is 425 g/mol. The third-order valence-electron chi connectivity index (χ3n) is 4.33. The quantitative estimate of drug-likeness (QED) is 0.646. The van der Waals surface area contributed by atoms with E-state index in [9.17, 15) is 18.3 Å². The van der Waals surface area contributed by atoms with Gasteiger partial charge in [-0.15, -0.1) is 0 Å². The van der Waals surface area contributed by atoms with Gasteiger partial charge in [-0.2, -0.15) is 4.31 Å². The minimum Gasteiger partial charge on any atom is -0.392 e. The number of halogens is 1. The van der Waals surface area contributed by atoms with Gasteiger partial charge in [-0.25, -0.2) is 8.42 Å². The highest BCUT2D eigenvalue weighted by molar-refractivity contribution is 7.89. The molecule has 1 amide bonds. The molecule has 0 unspecified atom stereocenters. The summed E-state index contributed by atoms with van der Waals surface area (Å²) in [5.41, 5.74) is 6.98. The van der Waals surface area contributed by atoms with Crippen molar-refractivity contribution in [3.63, 3.8) is 0 Å². The maximum atomic E-state index is 13.3. The first-order valence-electron chi connectivity index (χ1n) is 8.90.